The fourth-order valence-electron chi connectivity index (χ4n) is 3.80. The van der Waals surface area contributed by atoms with Crippen molar-refractivity contribution in [2.75, 3.05) is 13.1 Å². The summed E-state index contributed by atoms with van der Waals surface area (Å²) in [7, 11) is 0. The highest BCUT2D eigenvalue weighted by Crippen LogP contribution is 2.31. The van der Waals surface area contributed by atoms with Crippen LogP contribution < -0.4 is 0 Å². The molecule has 0 spiro atoms. The van der Waals surface area contributed by atoms with Crippen LogP contribution in [0.4, 0.5) is 0 Å². The van der Waals surface area contributed by atoms with E-state index in [1.54, 1.807) is 0 Å². The first-order valence-corrected chi connectivity index (χ1v) is 11.0. The lowest BCUT2D eigenvalue weighted by atomic mass is 9.99. The number of carbonyl (C=O) groups excluding carboxylic acids is 1. The molecule has 0 radical (unpaired) electrons. The summed E-state index contributed by atoms with van der Waals surface area (Å²) >= 11 is 1.85. The third kappa shape index (κ3) is 4.85. The molecule has 27 heavy (non-hydrogen) atoms. The Bertz CT molecular complexity index is 738. The van der Waals surface area contributed by atoms with Gasteiger partial charge in [0.2, 0.25) is 5.91 Å². The number of nitrogens with zero attached hydrogens (tertiary/aromatic N) is 2. The zero-order chi connectivity index (χ0) is 19.4. The summed E-state index contributed by atoms with van der Waals surface area (Å²) < 4.78 is 2.46. The van der Waals surface area contributed by atoms with Gasteiger partial charge in [0.25, 0.3) is 0 Å². The molecular weight excluding hydrogens is 352 g/mol. The fourth-order valence-corrected chi connectivity index (χ4v) is 4.81. The number of carbonyl (C=O) groups is 1. The van der Waals surface area contributed by atoms with Gasteiger partial charge in [-0.3, -0.25) is 4.79 Å². The van der Waals surface area contributed by atoms with Gasteiger partial charge in [0.15, 0.2) is 0 Å². The number of hydrogen-bond donors (Lipinski definition) is 0. The maximum atomic E-state index is 12.3. The van der Waals surface area contributed by atoms with Crippen LogP contribution >= 0.6 is 11.9 Å². The van der Waals surface area contributed by atoms with Gasteiger partial charge >= 0.3 is 0 Å². The largest absolute Gasteiger partial charge is 0.338 e. The molecule has 0 fully saturated rings. The highest BCUT2D eigenvalue weighted by atomic mass is 32.2. The molecule has 1 aromatic carbocycles. The summed E-state index contributed by atoms with van der Waals surface area (Å²) in [5, 5.41) is 0. The van der Waals surface area contributed by atoms with Crippen molar-refractivity contribution in [2.45, 2.75) is 64.4 Å². The van der Waals surface area contributed by atoms with E-state index in [1.165, 1.54) is 21.6 Å². The molecule has 1 aromatic rings. The molecule has 1 amide bonds. The van der Waals surface area contributed by atoms with E-state index in [0.717, 1.165) is 38.9 Å². The van der Waals surface area contributed by atoms with Crippen molar-refractivity contribution < 1.29 is 4.79 Å². The maximum absolute atomic E-state index is 12.3. The summed E-state index contributed by atoms with van der Waals surface area (Å²) in [5.74, 6) is 0.336. The first kappa shape index (κ1) is 20.2. The van der Waals surface area contributed by atoms with E-state index >= 15 is 0 Å². The minimum atomic E-state index is 0.0733. The molecule has 0 saturated carbocycles. The number of likely N-dealkylation sites (N-methyl/N-ethyl adjacent to an activating group) is 1. The Morgan fingerprint density at radius 1 is 1.22 bits per heavy atom. The van der Waals surface area contributed by atoms with Crippen molar-refractivity contribution in [3.05, 3.63) is 53.1 Å². The number of fused-ring (bicyclic) bond motifs is 1. The molecule has 1 heterocycles. The van der Waals surface area contributed by atoms with Crippen molar-refractivity contribution in [3.8, 4) is 0 Å². The molecule has 3 nitrogen and oxygen atoms in total. The number of hydrogen-bond acceptors (Lipinski definition) is 3. The van der Waals surface area contributed by atoms with E-state index in [2.05, 4.69) is 54.6 Å². The Balaban J connectivity index is 1.69. The second-order valence-electron chi connectivity index (χ2n) is 7.78. The summed E-state index contributed by atoms with van der Waals surface area (Å²) in [6, 6.07) is 7.17. The van der Waals surface area contributed by atoms with Crippen molar-refractivity contribution >= 4 is 17.9 Å². The number of allylic oxidation sites excluding steroid dienone is 2. The molecule has 3 rings (SSSR count). The molecule has 4 heteroatoms. The Morgan fingerprint density at radius 3 is 2.70 bits per heavy atom. The third-order valence-electron chi connectivity index (χ3n) is 5.47. The summed E-state index contributed by atoms with van der Waals surface area (Å²) in [6.45, 7) is 11.1. The summed E-state index contributed by atoms with van der Waals surface area (Å²) in [6.07, 6.45) is 10.2. The molecule has 0 aromatic heterocycles. The molecule has 0 bridgehead atoms. The fraction of sp³-hybridized carbons (Fsp3) is 0.522. The average Bonchev–Trinajstić information content (AvgIpc) is 2.71. The van der Waals surface area contributed by atoms with Gasteiger partial charge in [0.1, 0.15) is 0 Å². The van der Waals surface area contributed by atoms with Crippen LogP contribution in [0.2, 0.25) is 0 Å². The third-order valence-corrected chi connectivity index (χ3v) is 6.74. The van der Waals surface area contributed by atoms with Crippen LogP contribution in [-0.2, 0) is 17.8 Å². The van der Waals surface area contributed by atoms with E-state index in [-0.39, 0.29) is 11.8 Å². The second kappa shape index (κ2) is 9.11. The van der Waals surface area contributed by atoms with Gasteiger partial charge in [-0.25, -0.2) is 4.31 Å². The first-order chi connectivity index (χ1) is 13.0. The van der Waals surface area contributed by atoms with Gasteiger partial charge in [-0.1, -0.05) is 45.1 Å². The average molecular weight is 385 g/mol. The van der Waals surface area contributed by atoms with Gasteiger partial charge in [0.05, 0.1) is 0 Å². The Hall–Kier alpha value is -1.52. The normalized spacial score (nSPS) is 17.9. The van der Waals surface area contributed by atoms with E-state index in [0.29, 0.717) is 6.04 Å². The smallest absolute Gasteiger partial charge is 0.225 e. The zero-order valence-corrected chi connectivity index (χ0v) is 17.9. The summed E-state index contributed by atoms with van der Waals surface area (Å²) in [4.78, 5) is 15.6. The van der Waals surface area contributed by atoms with E-state index < -0.39 is 0 Å². The van der Waals surface area contributed by atoms with Gasteiger partial charge in [-0.2, -0.15) is 0 Å². The molecule has 1 aliphatic heterocycles. The molecular formula is C23H32N2OS. The van der Waals surface area contributed by atoms with Gasteiger partial charge < -0.3 is 4.90 Å². The predicted molar refractivity (Wildman–Crippen MR) is 115 cm³/mol. The van der Waals surface area contributed by atoms with Crippen LogP contribution in [-0.4, -0.2) is 34.2 Å². The van der Waals surface area contributed by atoms with Crippen LogP contribution in [0.15, 0.2) is 46.9 Å². The second-order valence-corrected chi connectivity index (χ2v) is 8.90. The molecule has 146 valence electrons. The van der Waals surface area contributed by atoms with Crippen molar-refractivity contribution in [3.63, 3.8) is 0 Å². The lowest BCUT2D eigenvalue weighted by Gasteiger charge is -2.31. The highest BCUT2D eigenvalue weighted by Gasteiger charge is 2.23. The molecule has 0 N–H and O–H groups in total. The first-order valence-electron chi connectivity index (χ1n) is 10.2. The molecule has 0 unspecified atom stereocenters. The van der Waals surface area contributed by atoms with E-state index in [1.807, 2.05) is 30.7 Å². The SMILES string of the molecule is CCN(Sc1ccc2c(c1)CCN(C(=O)C(C)C)C2)[C@@H](C)C1=CCCC=C1. The minimum absolute atomic E-state index is 0.0733. The molecule has 1 atom stereocenters. The Labute approximate surface area is 168 Å². The van der Waals surface area contributed by atoms with Crippen LogP contribution in [0.1, 0.15) is 51.7 Å². The van der Waals surface area contributed by atoms with E-state index in [9.17, 15) is 4.79 Å². The lowest BCUT2D eigenvalue weighted by molar-refractivity contribution is -0.135. The van der Waals surface area contributed by atoms with Crippen molar-refractivity contribution in [2.24, 2.45) is 5.92 Å². The monoisotopic (exact) mass is 384 g/mol. The van der Waals surface area contributed by atoms with Crippen molar-refractivity contribution in [1.29, 1.82) is 0 Å². The van der Waals surface area contributed by atoms with Crippen LogP contribution in [0, 0.1) is 5.92 Å². The molecule has 2 aliphatic rings. The molecule has 0 saturated heterocycles. The Kier molecular flexibility index (Phi) is 6.83. The highest BCUT2D eigenvalue weighted by molar-refractivity contribution is 7.97. The number of amides is 1. The summed E-state index contributed by atoms with van der Waals surface area (Å²) in [5.41, 5.74) is 4.12. The van der Waals surface area contributed by atoms with Gasteiger partial charge in [-0.05, 0) is 67.0 Å². The Morgan fingerprint density at radius 2 is 2.04 bits per heavy atom. The lowest BCUT2D eigenvalue weighted by Crippen LogP contribution is -2.38. The van der Waals surface area contributed by atoms with Gasteiger partial charge in [-0.15, -0.1) is 0 Å². The quantitative estimate of drug-likeness (QED) is 0.628. The van der Waals surface area contributed by atoms with Crippen LogP contribution in [0.25, 0.3) is 0 Å². The minimum Gasteiger partial charge on any atom is -0.338 e. The van der Waals surface area contributed by atoms with E-state index in [4.69, 9.17) is 0 Å². The van der Waals surface area contributed by atoms with Crippen molar-refractivity contribution in [1.82, 2.24) is 9.21 Å². The van der Waals surface area contributed by atoms with Gasteiger partial charge in [0, 0.05) is 36.5 Å². The number of benzene rings is 1. The van der Waals surface area contributed by atoms with Crippen LogP contribution in [0.5, 0.6) is 0 Å². The topological polar surface area (TPSA) is 23.6 Å². The predicted octanol–water partition coefficient (Wildman–Crippen LogP) is 5.22. The standard InChI is InChI=1S/C23H32N2OS/c1-5-25(18(4)19-9-7-6-8-10-19)27-22-12-11-21-16-24(23(26)17(2)3)14-13-20(21)15-22/h7,9-12,15,17-18H,5-6,8,13-14,16H2,1-4H3/t18-/m0/s1. The molecule has 1 aliphatic carbocycles. The maximum Gasteiger partial charge on any atom is 0.225 e. The number of rotatable bonds is 6. The zero-order valence-electron chi connectivity index (χ0n) is 17.1. The van der Waals surface area contributed by atoms with Crippen LogP contribution in [0.3, 0.4) is 0 Å².